The average molecular weight is 457 g/mol. The largest absolute Gasteiger partial charge is 0.488 e. The second kappa shape index (κ2) is 8.93. The predicted octanol–water partition coefficient (Wildman–Crippen LogP) is 7.13. The highest BCUT2D eigenvalue weighted by Gasteiger charge is 2.25. The minimum Gasteiger partial charge on any atom is -0.488 e. The zero-order valence-electron chi connectivity index (χ0n) is 16.6. The van der Waals surface area contributed by atoms with E-state index in [2.05, 4.69) is 55.9 Å². The quantitative estimate of drug-likeness (QED) is 0.478. The lowest BCUT2D eigenvalue weighted by Crippen LogP contribution is -2.41. The second-order valence-electron chi connectivity index (χ2n) is 8.72. The highest BCUT2D eigenvalue weighted by molar-refractivity contribution is 9.10. The van der Waals surface area contributed by atoms with Gasteiger partial charge in [0.05, 0.1) is 5.02 Å². The Morgan fingerprint density at radius 3 is 2.44 bits per heavy atom. The van der Waals surface area contributed by atoms with Gasteiger partial charge in [0.25, 0.3) is 0 Å². The van der Waals surface area contributed by atoms with E-state index in [0.717, 1.165) is 22.2 Å². The molecule has 0 saturated carbocycles. The Morgan fingerprint density at radius 1 is 1.11 bits per heavy atom. The highest BCUT2D eigenvalue weighted by atomic mass is 79.9. The fraction of sp³-hybridized carbons (Fsp3) is 0.455. The van der Waals surface area contributed by atoms with Crippen molar-refractivity contribution >= 4 is 27.5 Å². The molecule has 0 unspecified atom stereocenters. The Labute approximate surface area is 175 Å². The molecule has 0 aliphatic carbocycles. The van der Waals surface area contributed by atoms with Crippen LogP contribution in [-0.2, 0) is 13.2 Å². The lowest BCUT2D eigenvalue weighted by atomic mass is 9.82. The summed E-state index contributed by atoms with van der Waals surface area (Å²) in [4.78, 5) is 0. The lowest BCUT2D eigenvalue weighted by molar-refractivity contribution is 0.238. The molecule has 0 aliphatic heterocycles. The van der Waals surface area contributed by atoms with E-state index >= 15 is 0 Å². The Kier molecular flexibility index (Phi) is 7.34. The Balaban J connectivity index is 2.13. The molecule has 2 aromatic rings. The zero-order valence-corrected chi connectivity index (χ0v) is 19.0. The summed E-state index contributed by atoms with van der Waals surface area (Å²) >= 11 is 9.62. The average Bonchev–Trinajstić information content (AvgIpc) is 2.52. The Hall–Kier alpha value is -1.10. The minimum atomic E-state index is -0.356. The molecule has 0 heterocycles. The van der Waals surface area contributed by atoms with Gasteiger partial charge >= 0.3 is 0 Å². The molecular weight excluding hydrogens is 429 g/mol. The molecule has 1 N–H and O–H groups in total. The highest BCUT2D eigenvalue weighted by Crippen LogP contribution is 2.29. The molecule has 0 atom stereocenters. The molecule has 148 valence electrons. The summed E-state index contributed by atoms with van der Waals surface area (Å²) in [6.45, 7) is 11.9. The van der Waals surface area contributed by atoms with E-state index in [1.807, 2.05) is 18.2 Å². The molecule has 0 aliphatic rings. The maximum Gasteiger partial charge on any atom is 0.131 e. The van der Waals surface area contributed by atoms with Crippen molar-refractivity contribution in [3.8, 4) is 5.75 Å². The van der Waals surface area contributed by atoms with Gasteiger partial charge in [-0.1, -0.05) is 54.4 Å². The van der Waals surface area contributed by atoms with E-state index in [4.69, 9.17) is 16.3 Å². The van der Waals surface area contributed by atoms with Gasteiger partial charge in [0.2, 0.25) is 0 Å². The van der Waals surface area contributed by atoms with Gasteiger partial charge < -0.3 is 10.1 Å². The number of benzene rings is 2. The van der Waals surface area contributed by atoms with E-state index in [1.165, 1.54) is 6.07 Å². The standard InChI is InChI=1S/C22H28BrClFNO/c1-21(2,3)14-22(4,5)26-12-15-11-16(23)9-10-20(15)27-13-17-18(24)7-6-8-19(17)25/h6-11,26H,12-14H2,1-5H3. The van der Waals surface area contributed by atoms with Crippen molar-refractivity contribution in [1.82, 2.24) is 5.32 Å². The van der Waals surface area contributed by atoms with Crippen LogP contribution in [0.15, 0.2) is 40.9 Å². The maximum atomic E-state index is 14.0. The van der Waals surface area contributed by atoms with E-state index in [9.17, 15) is 4.39 Å². The van der Waals surface area contributed by atoms with Gasteiger partial charge in [-0.15, -0.1) is 0 Å². The SMILES string of the molecule is CC(C)(C)CC(C)(C)NCc1cc(Br)ccc1OCc1c(F)cccc1Cl. The molecule has 0 spiro atoms. The van der Waals surface area contributed by atoms with E-state index in [0.29, 0.717) is 17.1 Å². The van der Waals surface area contributed by atoms with Crippen molar-refractivity contribution in [2.24, 2.45) is 5.41 Å². The van der Waals surface area contributed by atoms with Crippen LogP contribution < -0.4 is 10.1 Å². The monoisotopic (exact) mass is 455 g/mol. The summed E-state index contributed by atoms with van der Waals surface area (Å²) in [5.41, 5.74) is 1.59. The number of ether oxygens (including phenoxy) is 1. The first-order chi connectivity index (χ1) is 12.5. The van der Waals surface area contributed by atoms with Crippen LogP contribution in [0.5, 0.6) is 5.75 Å². The third kappa shape index (κ3) is 7.10. The van der Waals surface area contributed by atoms with E-state index in [1.54, 1.807) is 12.1 Å². The fourth-order valence-corrected chi connectivity index (χ4v) is 4.00. The van der Waals surface area contributed by atoms with Crippen molar-refractivity contribution < 1.29 is 9.13 Å². The number of hydrogen-bond donors (Lipinski definition) is 1. The van der Waals surface area contributed by atoms with Gasteiger partial charge in [-0.2, -0.15) is 0 Å². The van der Waals surface area contributed by atoms with Gasteiger partial charge in [-0.25, -0.2) is 4.39 Å². The van der Waals surface area contributed by atoms with Gasteiger partial charge in [-0.05, 0) is 56.0 Å². The molecule has 0 bridgehead atoms. The van der Waals surface area contributed by atoms with Crippen molar-refractivity contribution in [2.75, 3.05) is 0 Å². The van der Waals surface area contributed by atoms with Crippen LogP contribution >= 0.6 is 27.5 Å². The first-order valence-electron chi connectivity index (χ1n) is 9.06. The smallest absolute Gasteiger partial charge is 0.131 e. The van der Waals surface area contributed by atoms with Crippen molar-refractivity contribution in [3.05, 3.63) is 62.8 Å². The second-order valence-corrected chi connectivity index (χ2v) is 10.0. The predicted molar refractivity (Wildman–Crippen MR) is 115 cm³/mol. The topological polar surface area (TPSA) is 21.3 Å². The normalized spacial score (nSPS) is 12.3. The summed E-state index contributed by atoms with van der Waals surface area (Å²) in [5, 5.41) is 3.99. The third-order valence-corrected chi connectivity index (χ3v) is 5.03. The first kappa shape index (κ1) is 22.2. The zero-order chi connectivity index (χ0) is 20.2. The molecule has 2 aromatic carbocycles. The van der Waals surface area contributed by atoms with Gasteiger partial charge in [0.15, 0.2) is 0 Å². The summed E-state index contributed by atoms with van der Waals surface area (Å²) in [7, 11) is 0. The molecule has 27 heavy (non-hydrogen) atoms. The summed E-state index contributed by atoms with van der Waals surface area (Å²) < 4.78 is 20.9. The minimum absolute atomic E-state index is 0.0211. The number of rotatable bonds is 7. The number of nitrogens with one attached hydrogen (secondary N) is 1. The molecule has 2 nitrogen and oxygen atoms in total. The van der Waals surface area contributed by atoms with Crippen LogP contribution in [0.25, 0.3) is 0 Å². The summed E-state index contributed by atoms with van der Waals surface area (Å²) in [6, 6.07) is 10.5. The van der Waals surface area contributed by atoms with Crippen molar-refractivity contribution in [1.29, 1.82) is 0 Å². The van der Waals surface area contributed by atoms with Crippen LogP contribution in [-0.4, -0.2) is 5.54 Å². The van der Waals surface area contributed by atoms with Gasteiger partial charge in [0, 0.05) is 27.7 Å². The molecule has 5 heteroatoms. The van der Waals surface area contributed by atoms with E-state index in [-0.39, 0.29) is 23.4 Å². The maximum absolute atomic E-state index is 14.0. The van der Waals surface area contributed by atoms with Crippen LogP contribution in [0.3, 0.4) is 0 Å². The molecule has 0 amide bonds. The van der Waals surface area contributed by atoms with Crippen LogP contribution in [0.2, 0.25) is 5.02 Å². The third-order valence-electron chi connectivity index (χ3n) is 4.19. The first-order valence-corrected chi connectivity index (χ1v) is 10.2. The summed E-state index contributed by atoms with van der Waals surface area (Å²) in [6.07, 6.45) is 1.04. The number of hydrogen-bond acceptors (Lipinski definition) is 2. The molecule has 2 rings (SSSR count). The Morgan fingerprint density at radius 2 is 1.81 bits per heavy atom. The molecule has 0 saturated heterocycles. The number of halogens is 3. The van der Waals surface area contributed by atoms with Crippen molar-refractivity contribution in [3.63, 3.8) is 0 Å². The lowest BCUT2D eigenvalue weighted by Gasteiger charge is -2.33. The van der Waals surface area contributed by atoms with Gasteiger partial charge in [-0.3, -0.25) is 0 Å². The van der Waals surface area contributed by atoms with Crippen molar-refractivity contribution in [2.45, 2.75) is 59.7 Å². The molecule has 0 aromatic heterocycles. The van der Waals surface area contributed by atoms with Crippen LogP contribution in [0.4, 0.5) is 4.39 Å². The molecule has 0 radical (unpaired) electrons. The van der Waals surface area contributed by atoms with Gasteiger partial charge in [0.1, 0.15) is 18.2 Å². The molecule has 0 fully saturated rings. The fourth-order valence-electron chi connectivity index (χ4n) is 3.37. The van der Waals surface area contributed by atoms with Crippen LogP contribution in [0.1, 0.15) is 52.2 Å². The molecular formula is C22H28BrClFNO. The Bertz CT molecular complexity index is 766. The van der Waals surface area contributed by atoms with Crippen LogP contribution in [0, 0.1) is 11.2 Å². The van der Waals surface area contributed by atoms with E-state index < -0.39 is 0 Å². The summed E-state index contributed by atoms with van der Waals surface area (Å²) in [5.74, 6) is 0.363.